The van der Waals surface area contributed by atoms with Gasteiger partial charge in [0.15, 0.2) is 5.13 Å². The van der Waals surface area contributed by atoms with Crippen molar-refractivity contribution in [1.82, 2.24) is 9.29 Å². The van der Waals surface area contributed by atoms with E-state index in [1.54, 1.807) is 42.0 Å². The molecule has 1 aromatic heterocycles. The SMILES string of the molecule is COc1ccc(OC)c(-c2csc(N3CCN(S(=O)(=O)c4ccc(C)cc4)CC3)n2)c1. The Balaban J connectivity index is 1.48. The van der Waals surface area contributed by atoms with Crippen LogP contribution in [0.1, 0.15) is 5.56 Å². The van der Waals surface area contributed by atoms with Gasteiger partial charge >= 0.3 is 0 Å². The quantitative estimate of drug-likeness (QED) is 0.560. The van der Waals surface area contributed by atoms with E-state index < -0.39 is 10.0 Å². The summed E-state index contributed by atoms with van der Waals surface area (Å²) in [7, 11) is -0.221. The topological polar surface area (TPSA) is 72.0 Å². The molecule has 9 heteroatoms. The highest BCUT2D eigenvalue weighted by molar-refractivity contribution is 7.89. The monoisotopic (exact) mass is 459 g/mol. The Morgan fingerprint density at radius 2 is 1.68 bits per heavy atom. The molecule has 0 unspecified atom stereocenters. The van der Waals surface area contributed by atoms with E-state index in [1.807, 2.05) is 42.6 Å². The highest BCUT2D eigenvalue weighted by Crippen LogP contribution is 2.36. The molecule has 0 aliphatic carbocycles. The number of sulfonamides is 1. The van der Waals surface area contributed by atoms with Crippen LogP contribution < -0.4 is 14.4 Å². The van der Waals surface area contributed by atoms with Crippen molar-refractivity contribution in [2.75, 3.05) is 45.3 Å². The average molecular weight is 460 g/mol. The van der Waals surface area contributed by atoms with E-state index in [4.69, 9.17) is 14.5 Å². The minimum absolute atomic E-state index is 0.341. The Bertz CT molecular complexity index is 1150. The summed E-state index contributed by atoms with van der Waals surface area (Å²) in [5, 5.41) is 2.86. The molecule has 164 valence electrons. The number of ether oxygens (including phenoxy) is 2. The maximum Gasteiger partial charge on any atom is 0.243 e. The number of methoxy groups -OCH3 is 2. The van der Waals surface area contributed by atoms with Gasteiger partial charge in [-0.05, 0) is 37.3 Å². The van der Waals surface area contributed by atoms with Gasteiger partial charge in [0.05, 0.1) is 24.8 Å². The van der Waals surface area contributed by atoms with Crippen molar-refractivity contribution in [2.24, 2.45) is 0 Å². The van der Waals surface area contributed by atoms with E-state index in [-0.39, 0.29) is 0 Å². The molecule has 1 fully saturated rings. The van der Waals surface area contributed by atoms with Crippen LogP contribution in [0.15, 0.2) is 52.7 Å². The molecule has 0 amide bonds. The average Bonchev–Trinajstić information content (AvgIpc) is 3.29. The first-order valence-corrected chi connectivity index (χ1v) is 12.2. The first-order valence-electron chi connectivity index (χ1n) is 9.92. The molecule has 1 saturated heterocycles. The van der Waals surface area contributed by atoms with Crippen LogP contribution in [-0.2, 0) is 10.0 Å². The molecule has 1 aliphatic heterocycles. The van der Waals surface area contributed by atoms with Gasteiger partial charge < -0.3 is 14.4 Å². The van der Waals surface area contributed by atoms with Crippen LogP contribution in [0.5, 0.6) is 11.5 Å². The lowest BCUT2D eigenvalue weighted by Gasteiger charge is -2.33. The van der Waals surface area contributed by atoms with E-state index in [1.165, 1.54) is 0 Å². The standard InChI is InChI=1S/C22H25N3O4S2/c1-16-4-7-18(8-5-16)31(26,27)25-12-10-24(11-13-25)22-23-20(15-30-22)19-14-17(28-2)6-9-21(19)29-3/h4-9,14-15H,10-13H2,1-3H3. The number of aryl methyl sites for hydroxylation is 1. The number of thiazole rings is 1. The first kappa shape index (κ1) is 21.6. The fraction of sp³-hybridized carbons (Fsp3) is 0.318. The number of aromatic nitrogens is 1. The van der Waals surface area contributed by atoms with E-state index in [0.717, 1.165) is 33.5 Å². The highest BCUT2D eigenvalue weighted by Gasteiger charge is 2.29. The van der Waals surface area contributed by atoms with Crippen molar-refractivity contribution in [2.45, 2.75) is 11.8 Å². The maximum atomic E-state index is 12.9. The van der Waals surface area contributed by atoms with Crippen LogP contribution in [0.3, 0.4) is 0 Å². The summed E-state index contributed by atoms with van der Waals surface area (Å²) in [6, 6.07) is 12.6. The molecule has 31 heavy (non-hydrogen) atoms. The highest BCUT2D eigenvalue weighted by atomic mass is 32.2. The molecule has 7 nitrogen and oxygen atoms in total. The number of hydrogen-bond acceptors (Lipinski definition) is 7. The Kier molecular flexibility index (Phi) is 6.17. The van der Waals surface area contributed by atoms with Gasteiger partial charge in [0.25, 0.3) is 0 Å². The Labute approximate surface area is 186 Å². The predicted molar refractivity (Wildman–Crippen MR) is 123 cm³/mol. The minimum atomic E-state index is -3.48. The lowest BCUT2D eigenvalue weighted by Crippen LogP contribution is -2.48. The van der Waals surface area contributed by atoms with Gasteiger partial charge in [0.2, 0.25) is 10.0 Å². The molecule has 0 spiro atoms. The van der Waals surface area contributed by atoms with E-state index >= 15 is 0 Å². The second-order valence-electron chi connectivity index (χ2n) is 7.29. The number of piperazine rings is 1. The summed E-state index contributed by atoms with van der Waals surface area (Å²) in [5.74, 6) is 1.46. The van der Waals surface area contributed by atoms with E-state index in [9.17, 15) is 8.42 Å². The molecule has 3 aromatic rings. The van der Waals surface area contributed by atoms with Gasteiger partial charge in [-0.3, -0.25) is 0 Å². The van der Waals surface area contributed by atoms with Crippen LogP contribution in [0.2, 0.25) is 0 Å². The fourth-order valence-corrected chi connectivity index (χ4v) is 5.83. The molecule has 0 bridgehead atoms. The lowest BCUT2D eigenvalue weighted by atomic mass is 10.1. The van der Waals surface area contributed by atoms with Crippen LogP contribution >= 0.6 is 11.3 Å². The maximum absolute atomic E-state index is 12.9. The third kappa shape index (κ3) is 4.39. The van der Waals surface area contributed by atoms with E-state index in [0.29, 0.717) is 31.1 Å². The van der Waals surface area contributed by atoms with Crippen molar-refractivity contribution in [3.05, 3.63) is 53.4 Å². The normalized spacial score (nSPS) is 15.1. The molecule has 1 aliphatic rings. The smallest absolute Gasteiger partial charge is 0.243 e. The molecule has 4 rings (SSSR count). The molecule has 2 heterocycles. The van der Waals surface area contributed by atoms with Crippen LogP contribution in [0, 0.1) is 6.92 Å². The van der Waals surface area contributed by atoms with Crippen molar-refractivity contribution < 1.29 is 17.9 Å². The fourth-order valence-electron chi connectivity index (χ4n) is 3.53. The zero-order valence-electron chi connectivity index (χ0n) is 17.7. The van der Waals surface area contributed by atoms with Gasteiger partial charge in [-0.1, -0.05) is 17.7 Å². The van der Waals surface area contributed by atoms with Crippen molar-refractivity contribution in [3.8, 4) is 22.8 Å². The molecule has 2 aromatic carbocycles. The second kappa shape index (κ2) is 8.86. The summed E-state index contributed by atoms with van der Waals surface area (Å²) in [5.41, 5.74) is 2.71. The molecular formula is C22H25N3O4S2. The summed E-state index contributed by atoms with van der Waals surface area (Å²) < 4.78 is 38.2. The second-order valence-corrected chi connectivity index (χ2v) is 10.1. The minimum Gasteiger partial charge on any atom is -0.497 e. The van der Waals surface area contributed by atoms with Crippen LogP contribution in [0.25, 0.3) is 11.3 Å². The molecule has 0 saturated carbocycles. The van der Waals surface area contributed by atoms with Gasteiger partial charge in [-0.15, -0.1) is 11.3 Å². The largest absolute Gasteiger partial charge is 0.497 e. The zero-order valence-corrected chi connectivity index (χ0v) is 19.4. The number of anilines is 1. The van der Waals surface area contributed by atoms with Crippen molar-refractivity contribution >= 4 is 26.5 Å². The summed E-state index contributed by atoms with van der Waals surface area (Å²) in [6.07, 6.45) is 0. The van der Waals surface area contributed by atoms with Crippen LogP contribution in [0.4, 0.5) is 5.13 Å². The summed E-state index contributed by atoms with van der Waals surface area (Å²) in [4.78, 5) is 7.25. The van der Waals surface area contributed by atoms with Crippen LogP contribution in [-0.4, -0.2) is 58.1 Å². The van der Waals surface area contributed by atoms with Gasteiger partial charge in [0.1, 0.15) is 11.5 Å². The summed E-state index contributed by atoms with van der Waals surface area (Å²) >= 11 is 1.54. The van der Waals surface area contributed by atoms with Gasteiger partial charge in [-0.25, -0.2) is 13.4 Å². The molecule has 0 radical (unpaired) electrons. The van der Waals surface area contributed by atoms with Crippen molar-refractivity contribution in [3.63, 3.8) is 0 Å². The lowest BCUT2D eigenvalue weighted by molar-refractivity contribution is 0.384. The van der Waals surface area contributed by atoms with Gasteiger partial charge in [0, 0.05) is 37.1 Å². The zero-order chi connectivity index (χ0) is 22.0. The molecule has 0 atom stereocenters. The van der Waals surface area contributed by atoms with Crippen molar-refractivity contribution in [1.29, 1.82) is 0 Å². The molecule has 0 N–H and O–H groups in total. The number of rotatable bonds is 6. The van der Waals surface area contributed by atoms with Gasteiger partial charge in [-0.2, -0.15) is 4.31 Å². The number of nitrogens with zero attached hydrogens (tertiary/aromatic N) is 3. The molecular weight excluding hydrogens is 434 g/mol. The summed E-state index contributed by atoms with van der Waals surface area (Å²) in [6.45, 7) is 3.97. The van der Waals surface area contributed by atoms with E-state index in [2.05, 4.69) is 4.90 Å². The Morgan fingerprint density at radius 3 is 2.32 bits per heavy atom. The first-order chi connectivity index (χ1) is 14.9. The third-order valence-corrected chi connectivity index (χ3v) is 8.16. The predicted octanol–water partition coefficient (Wildman–Crippen LogP) is 3.65. The Morgan fingerprint density at radius 1 is 0.968 bits per heavy atom. The number of hydrogen-bond donors (Lipinski definition) is 0. The number of benzene rings is 2. The third-order valence-electron chi connectivity index (χ3n) is 5.34. The Hall–Kier alpha value is -2.62.